The SMILES string of the molecule is Cc1cc(C)cc(Nc2nn(-c3ccccc3)c3c2C(=O)C[C@@H](c2ccco2)C3)c1. The fourth-order valence-electron chi connectivity index (χ4n) is 4.34. The van der Waals surface area contributed by atoms with Crippen molar-refractivity contribution in [3.8, 4) is 5.69 Å². The maximum Gasteiger partial charge on any atom is 0.169 e. The number of hydrogen-bond donors (Lipinski definition) is 1. The molecule has 30 heavy (non-hydrogen) atoms. The summed E-state index contributed by atoms with van der Waals surface area (Å²) in [7, 11) is 0. The number of rotatable bonds is 4. The number of aryl methyl sites for hydroxylation is 2. The zero-order chi connectivity index (χ0) is 20.7. The van der Waals surface area contributed by atoms with E-state index in [1.54, 1.807) is 6.26 Å². The summed E-state index contributed by atoms with van der Waals surface area (Å²) in [5, 5.41) is 8.24. The van der Waals surface area contributed by atoms with E-state index in [0.29, 0.717) is 24.2 Å². The molecule has 1 atom stereocenters. The molecule has 150 valence electrons. The van der Waals surface area contributed by atoms with Crippen LogP contribution in [0.5, 0.6) is 0 Å². The third-order valence-electron chi connectivity index (χ3n) is 5.56. The maximum absolute atomic E-state index is 13.2. The number of fused-ring (bicyclic) bond motifs is 1. The van der Waals surface area contributed by atoms with Crippen molar-refractivity contribution in [2.75, 3.05) is 5.32 Å². The van der Waals surface area contributed by atoms with Crippen LogP contribution in [0.3, 0.4) is 0 Å². The molecule has 2 aromatic heterocycles. The number of nitrogens with one attached hydrogen (secondary N) is 1. The lowest BCUT2D eigenvalue weighted by Gasteiger charge is -2.21. The van der Waals surface area contributed by atoms with Crippen molar-refractivity contribution in [3.63, 3.8) is 0 Å². The molecule has 0 bridgehead atoms. The van der Waals surface area contributed by atoms with Crippen molar-refractivity contribution in [2.45, 2.75) is 32.6 Å². The minimum absolute atomic E-state index is 0.0215. The molecule has 0 fully saturated rings. The Morgan fingerprint density at radius 2 is 1.77 bits per heavy atom. The van der Waals surface area contributed by atoms with Gasteiger partial charge in [-0.2, -0.15) is 0 Å². The molecule has 1 aliphatic rings. The summed E-state index contributed by atoms with van der Waals surface area (Å²) < 4.78 is 7.51. The quantitative estimate of drug-likeness (QED) is 0.477. The van der Waals surface area contributed by atoms with Crippen LogP contribution in [0.2, 0.25) is 0 Å². The highest BCUT2D eigenvalue weighted by atomic mass is 16.3. The van der Waals surface area contributed by atoms with Crippen LogP contribution in [0.15, 0.2) is 71.3 Å². The minimum Gasteiger partial charge on any atom is -0.469 e. The number of benzene rings is 2. The minimum atomic E-state index is 0.0215. The zero-order valence-electron chi connectivity index (χ0n) is 17.1. The van der Waals surface area contributed by atoms with Gasteiger partial charge in [0.15, 0.2) is 11.6 Å². The molecule has 5 rings (SSSR count). The highest BCUT2D eigenvalue weighted by molar-refractivity contribution is 6.03. The third kappa shape index (κ3) is 3.32. The second kappa shape index (κ2) is 7.34. The molecule has 0 amide bonds. The number of furan rings is 1. The number of Topliss-reactive ketones (excluding diaryl/α,β-unsaturated/α-hetero) is 1. The van der Waals surface area contributed by atoms with Gasteiger partial charge in [-0.3, -0.25) is 4.79 Å². The van der Waals surface area contributed by atoms with E-state index < -0.39 is 0 Å². The van der Waals surface area contributed by atoms with Crippen molar-refractivity contribution in [2.24, 2.45) is 0 Å². The summed E-state index contributed by atoms with van der Waals surface area (Å²) in [5.41, 5.74) is 5.81. The van der Waals surface area contributed by atoms with Crippen LogP contribution in [0.1, 0.15) is 45.3 Å². The summed E-state index contributed by atoms with van der Waals surface area (Å²) in [6.45, 7) is 4.13. The number of hydrogen-bond acceptors (Lipinski definition) is 4. The topological polar surface area (TPSA) is 60.1 Å². The molecule has 0 spiro atoms. The Kier molecular flexibility index (Phi) is 4.51. The molecule has 2 heterocycles. The molecule has 5 nitrogen and oxygen atoms in total. The maximum atomic E-state index is 13.2. The molecule has 0 saturated carbocycles. The van der Waals surface area contributed by atoms with Gasteiger partial charge in [0, 0.05) is 24.4 Å². The van der Waals surface area contributed by atoms with Crippen LogP contribution in [0.25, 0.3) is 5.69 Å². The van der Waals surface area contributed by atoms with E-state index in [2.05, 4.69) is 37.4 Å². The van der Waals surface area contributed by atoms with Gasteiger partial charge in [0.2, 0.25) is 0 Å². The molecular formula is C25H23N3O2. The Hall–Kier alpha value is -3.60. The number of nitrogens with zero attached hydrogens (tertiary/aromatic N) is 2. The van der Waals surface area contributed by atoms with Crippen molar-refractivity contribution in [1.82, 2.24) is 9.78 Å². The van der Waals surface area contributed by atoms with Crippen molar-refractivity contribution in [1.29, 1.82) is 0 Å². The summed E-state index contributed by atoms with van der Waals surface area (Å²) >= 11 is 0. The van der Waals surface area contributed by atoms with E-state index in [-0.39, 0.29) is 11.7 Å². The third-order valence-corrected chi connectivity index (χ3v) is 5.56. The second-order valence-electron chi connectivity index (χ2n) is 7.96. The average Bonchev–Trinajstić information content (AvgIpc) is 3.37. The highest BCUT2D eigenvalue weighted by Crippen LogP contribution is 2.38. The van der Waals surface area contributed by atoms with Gasteiger partial charge >= 0.3 is 0 Å². The first-order valence-electron chi connectivity index (χ1n) is 10.2. The molecule has 0 unspecified atom stereocenters. The number of carbonyl (C=O) groups is 1. The van der Waals surface area contributed by atoms with Crippen molar-refractivity contribution >= 4 is 17.3 Å². The number of aromatic nitrogens is 2. The predicted molar refractivity (Wildman–Crippen MR) is 117 cm³/mol. The highest BCUT2D eigenvalue weighted by Gasteiger charge is 2.34. The summed E-state index contributed by atoms with van der Waals surface area (Å²) in [6.07, 6.45) is 2.78. The number of ketones is 1. The van der Waals surface area contributed by atoms with Gasteiger partial charge in [0.05, 0.1) is 23.2 Å². The number of anilines is 2. The largest absolute Gasteiger partial charge is 0.469 e. The smallest absolute Gasteiger partial charge is 0.169 e. The lowest BCUT2D eigenvalue weighted by atomic mass is 9.85. The van der Waals surface area contributed by atoms with E-state index in [9.17, 15) is 4.79 Å². The van der Waals surface area contributed by atoms with Gasteiger partial charge in [-0.25, -0.2) is 4.68 Å². The fourth-order valence-corrected chi connectivity index (χ4v) is 4.34. The molecule has 1 N–H and O–H groups in total. The Morgan fingerprint density at radius 1 is 1.00 bits per heavy atom. The van der Waals surface area contributed by atoms with Crippen LogP contribution < -0.4 is 5.32 Å². The monoisotopic (exact) mass is 397 g/mol. The standard InChI is InChI=1S/C25H23N3O2/c1-16-11-17(2)13-19(12-16)26-25-24-21(28(27-25)20-7-4-3-5-8-20)14-18(15-22(24)29)23-9-6-10-30-23/h3-13,18H,14-15H2,1-2H3,(H,26,27)/t18-/m0/s1. The molecule has 0 radical (unpaired) electrons. The van der Waals surface area contributed by atoms with Gasteiger partial charge in [-0.1, -0.05) is 24.3 Å². The molecular weight excluding hydrogens is 374 g/mol. The Bertz CT molecular complexity index is 1190. The summed E-state index contributed by atoms with van der Waals surface area (Å²) in [5.74, 6) is 1.57. The molecule has 0 aliphatic heterocycles. The first-order valence-corrected chi connectivity index (χ1v) is 10.2. The number of carbonyl (C=O) groups excluding carboxylic acids is 1. The molecule has 1 aliphatic carbocycles. The normalized spacial score (nSPS) is 15.8. The van der Waals surface area contributed by atoms with Crippen molar-refractivity contribution in [3.05, 3.63) is 95.1 Å². The zero-order valence-corrected chi connectivity index (χ0v) is 17.1. The van der Waals surface area contributed by atoms with Gasteiger partial charge in [0.25, 0.3) is 0 Å². The molecule has 5 heteroatoms. The first kappa shape index (κ1) is 18.4. The fraction of sp³-hybridized carbons (Fsp3) is 0.200. The van der Waals surface area contributed by atoms with E-state index in [1.165, 1.54) is 0 Å². The van der Waals surface area contributed by atoms with Crippen LogP contribution in [-0.4, -0.2) is 15.6 Å². The van der Waals surface area contributed by atoms with E-state index in [0.717, 1.165) is 34.0 Å². The Morgan fingerprint density at radius 3 is 2.47 bits per heavy atom. The van der Waals surface area contributed by atoms with E-state index in [1.807, 2.05) is 47.1 Å². The van der Waals surface area contributed by atoms with Crippen molar-refractivity contribution < 1.29 is 9.21 Å². The second-order valence-corrected chi connectivity index (χ2v) is 7.96. The van der Waals surface area contributed by atoms with Gasteiger partial charge in [0.1, 0.15) is 5.76 Å². The summed E-state index contributed by atoms with van der Waals surface area (Å²) in [6, 6.07) is 20.0. The lowest BCUT2D eigenvalue weighted by molar-refractivity contribution is 0.0960. The van der Waals surface area contributed by atoms with E-state index in [4.69, 9.17) is 9.52 Å². The number of para-hydroxylation sites is 1. The molecule has 4 aromatic rings. The van der Waals surface area contributed by atoms with Gasteiger partial charge < -0.3 is 9.73 Å². The molecule has 0 saturated heterocycles. The predicted octanol–water partition coefficient (Wildman–Crippen LogP) is 5.74. The van der Waals surface area contributed by atoms with Crippen LogP contribution >= 0.6 is 0 Å². The van der Waals surface area contributed by atoms with Crippen LogP contribution in [0.4, 0.5) is 11.5 Å². The first-order chi connectivity index (χ1) is 14.6. The summed E-state index contributed by atoms with van der Waals surface area (Å²) in [4.78, 5) is 13.2. The van der Waals surface area contributed by atoms with Gasteiger partial charge in [-0.15, -0.1) is 5.10 Å². The Labute approximate surface area is 175 Å². The average molecular weight is 397 g/mol. The van der Waals surface area contributed by atoms with E-state index >= 15 is 0 Å². The lowest BCUT2D eigenvalue weighted by Crippen LogP contribution is -2.20. The van der Waals surface area contributed by atoms with Crippen LogP contribution in [0, 0.1) is 13.8 Å². The van der Waals surface area contributed by atoms with Crippen LogP contribution in [-0.2, 0) is 6.42 Å². The Balaban J connectivity index is 1.62. The molecule has 2 aromatic carbocycles. The van der Waals surface area contributed by atoms with Gasteiger partial charge in [-0.05, 0) is 61.4 Å².